The van der Waals surface area contributed by atoms with Crippen molar-refractivity contribution in [3.05, 3.63) is 57.0 Å². The number of carbonyl (C=O) groups excluding carboxylic acids is 1. The highest BCUT2D eigenvalue weighted by molar-refractivity contribution is 9.10. The number of rotatable bonds is 6. The Morgan fingerprint density at radius 1 is 1.22 bits per heavy atom. The summed E-state index contributed by atoms with van der Waals surface area (Å²) >= 11 is 9.17. The normalized spacial score (nSPS) is 16.1. The smallest absolute Gasteiger partial charge is 0.343 e. The molecule has 6 nitrogen and oxygen atoms in total. The first-order chi connectivity index (χ1) is 12.9. The van der Waals surface area contributed by atoms with E-state index in [0.29, 0.717) is 16.8 Å². The van der Waals surface area contributed by atoms with E-state index in [2.05, 4.69) is 15.9 Å². The van der Waals surface area contributed by atoms with Gasteiger partial charge in [0.05, 0.1) is 16.1 Å². The van der Waals surface area contributed by atoms with Gasteiger partial charge in [0, 0.05) is 11.6 Å². The second-order valence-electron chi connectivity index (χ2n) is 5.93. The number of hydrogen-bond donors (Lipinski definition) is 1. The zero-order chi connectivity index (χ0) is 19.4. The highest BCUT2D eigenvalue weighted by Gasteiger charge is 2.19. The van der Waals surface area contributed by atoms with Gasteiger partial charge in [-0.05, 0) is 65.2 Å². The number of hydrogen-bond acceptors (Lipinski definition) is 5. The Morgan fingerprint density at radius 3 is 2.67 bits per heavy atom. The van der Waals surface area contributed by atoms with Crippen molar-refractivity contribution in [1.82, 2.24) is 0 Å². The maximum absolute atomic E-state index is 12.4. The second-order valence-corrected chi connectivity index (χ2v) is 7.22. The first kappa shape index (κ1) is 19.7. The molecular weight excluding hydrogens is 440 g/mol. The third-order valence-corrected chi connectivity index (χ3v) is 4.85. The Kier molecular flexibility index (Phi) is 6.36. The molecule has 1 aliphatic rings. The number of carboxylic acids is 1. The standard InChI is InChI=1S/C19H16BrClO6/c20-15-8-11(3-5-17(15)26-10-13-2-1-7-25-13)19(24)27-16-6-4-12(21)9-14(16)18(22)23/h3-6,8-9,13H,1-2,7,10H2,(H,22,23). The Hall–Kier alpha value is -2.09. The van der Waals surface area contributed by atoms with Crippen molar-refractivity contribution in [2.24, 2.45) is 0 Å². The first-order valence-electron chi connectivity index (χ1n) is 8.23. The Bertz CT molecular complexity index is 863. The van der Waals surface area contributed by atoms with Crippen LogP contribution in [0, 0.1) is 0 Å². The summed E-state index contributed by atoms with van der Waals surface area (Å²) in [5.74, 6) is -1.42. The summed E-state index contributed by atoms with van der Waals surface area (Å²) in [4.78, 5) is 23.7. The van der Waals surface area contributed by atoms with E-state index in [1.54, 1.807) is 18.2 Å². The third-order valence-electron chi connectivity index (χ3n) is 3.99. The minimum atomic E-state index is -1.24. The number of carbonyl (C=O) groups is 2. The lowest BCUT2D eigenvalue weighted by Gasteiger charge is -2.13. The largest absolute Gasteiger partial charge is 0.490 e. The SMILES string of the molecule is O=C(Oc1ccc(Cl)cc1C(=O)O)c1ccc(OCC2CCCO2)c(Br)c1. The van der Waals surface area contributed by atoms with Gasteiger partial charge in [0.1, 0.15) is 23.7 Å². The monoisotopic (exact) mass is 454 g/mol. The van der Waals surface area contributed by atoms with E-state index in [4.69, 9.17) is 25.8 Å². The summed E-state index contributed by atoms with van der Waals surface area (Å²) in [7, 11) is 0. The van der Waals surface area contributed by atoms with Crippen LogP contribution in [0.25, 0.3) is 0 Å². The van der Waals surface area contributed by atoms with Gasteiger partial charge >= 0.3 is 11.9 Å². The molecule has 27 heavy (non-hydrogen) atoms. The lowest BCUT2D eigenvalue weighted by atomic mass is 10.2. The summed E-state index contributed by atoms with van der Waals surface area (Å²) in [6.45, 7) is 1.19. The van der Waals surface area contributed by atoms with E-state index in [1.165, 1.54) is 18.2 Å². The van der Waals surface area contributed by atoms with Crippen LogP contribution in [0.4, 0.5) is 0 Å². The summed E-state index contributed by atoms with van der Waals surface area (Å²) in [5, 5.41) is 9.46. The fourth-order valence-corrected chi connectivity index (χ4v) is 3.29. The molecule has 0 aliphatic carbocycles. The van der Waals surface area contributed by atoms with Gasteiger partial charge in [0.15, 0.2) is 0 Å². The molecule has 1 fully saturated rings. The average molecular weight is 456 g/mol. The molecule has 0 spiro atoms. The molecule has 1 saturated heterocycles. The number of halogens is 2. The first-order valence-corrected chi connectivity index (χ1v) is 9.40. The van der Waals surface area contributed by atoms with Crippen molar-refractivity contribution in [1.29, 1.82) is 0 Å². The second kappa shape index (κ2) is 8.73. The molecule has 1 aliphatic heterocycles. The van der Waals surface area contributed by atoms with Crippen molar-refractivity contribution in [2.75, 3.05) is 13.2 Å². The van der Waals surface area contributed by atoms with Crippen LogP contribution in [0.2, 0.25) is 5.02 Å². The lowest BCUT2D eigenvalue weighted by Crippen LogP contribution is -2.16. The van der Waals surface area contributed by atoms with Crippen molar-refractivity contribution in [2.45, 2.75) is 18.9 Å². The van der Waals surface area contributed by atoms with Gasteiger partial charge in [-0.2, -0.15) is 0 Å². The van der Waals surface area contributed by atoms with Gasteiger partial charge in [-0.25, -0.2) is 9.59 Å². The van der Waals surface area contributed by atoms with Crippen molar-refractivity contribution in [3.63, 3.8) is 0 Å². The molecule has 0 amide bonds. The van der Waals surface area contributed by atoms with E-state index in [1.807, 2.05) is 0 Å². The topological polar surface area (TPSA) is 82.1 Å². The van der Waals surface area contributed by atoms with Crippen LogP contribution in [0.5, 0.6) is 11.5 Å². The fraction of sp³-hybridized carbons (Fsp3) is 0.263. The Morgan fingerprint density at radius 2 is 2.00 bits per heavy atom. The predicted octanol–water partition coefficient (Wildman–Crippen LogP) is 4.58. The molecule has 142 valence electrons. The molecule has 0 aromatic heterocycles. The van der Waals surface area contributed by atoms with Crippen molar-refractivity contribution < 1.29 is 28.9 Å². The molecule has 0 radical (unpaired) electrons. The van der Waals surface area contributed by atoms with E-state index in [-0.39, 0.29) is 28.0 Å². The molecule has 2 aromatic rings. The maximum Gasteiger partial charge on any atom is 0.343 e. The highest BCUT2D eigenvalue weighted by atomic mass is 79.9. The molecule has 1 N–H and O–H groups in total. The van der Waals surface area contributed by atoms with Crippen LogP contribution in [0.1, 0.15) is 33.6 Å². The Balaban J connectivity index is 1.70. The average Bonchev–Trinajstić information content (AvgIpc) is 3.15. The maximum atomic E-state index is 12.4. The summed E-state index contributed by atoms with van der Waals surface area (Å²) in [6, 6.07) is 8.78. The van der Waals surface area contributed by atoms with Crippen LogP contribution >= 0.6 is 27.5 Å². The minimum absolute atomic E-state index is 0.0771. The highest BCUT2D eigenvalue weighted by Crippen LogP contribution is 2.29. The zero-order valence-electron chi connectivity index (χ0n) is 14.1. The van der Waals surface area contributed by atoms with Crippen LogP contribution in [-0.4, -0.2) is 36.4 Å². The van der Waals surface area contributed by atoms with E-state index >= 15 is 0 Å². The number of ether oxygens (including phenoxy) is 3. The van der Waals surface area contributed by atoms with Crippen LogP contribution < -0.4 is 9.47 Å². The molecule has 8 heteroatoms. The van der Waals surface area contributed by atoms with Crippen LogP contribution in [-0.2, 0) is 4.74 Å². The Labute approximate surface area is 169 Å². The van der Waals surface area contributed by atoms with Gasteiger partial charge < -0.3 is 19.3 Å². The zero-order valence-corrected chi connectivity index (χ0v) is 16.5. The van der Waals surface area contributed by atoms with Crippen molar-refractivity contribution in [3.8, 4) is 11.5 Å². The quantitative estimate of drug-likeness (QED) is 0.507. The molecule has 0 saturated carbocycles. The van der Waals surface area contributed by atoms with E-state index < -0.39 is 11.9 Å². The van der Waals surface area contributed by atoms with E-state index in [9.17, 15) is 14.7 Å². The molecule has 0 bridgehead atoms. The molecule has 1 atom stereocenters. The van der Waals surface area contributed by atoms with Crippen LogP contribution in [0.15, 0.2) is 40.9 Å². The van der Waals surface area contributed by atoms with Crippen molar-refractivity contribution >= 4 is 39.5 Å². The number of carboxylic acid groups (broad SMARTS) is 1. The van der Waals surface area contributed by atoms with E-state index in [0.717, 1.165) is 19.4 Å². The summed E-state index contributed by atoms with van der Waals surface area (Å²) in [6.07, 6.45) is 2.08. The molecule has 3 rings (SSSR count). The van der Waals surface area contributed by atoms with Gasteiger partial charge in [-0.3, -0.25) is 0 Å². The fourth-order valence-electron chi connectivity index (χ4n) is 2.62. The third kappa shape index (κ3) is 5.00. The molecule has 2 aromatic carbocycles. The van der Waals surface area contributed by atoms with Gasteiger partial charge in [-0.15, -0.1) is 0 Å². The van der Waals surface area contributed by atoms with Gasteiger partial charge in [0.2, 0.25) is 0 Å². The summed E-state index contributed by atoms with van der Waals surface area (Å²) in [5.41, 5.74) is 0.0593. The number of esters is 1. The molecular formula is C19H16BrClO6. The number of benzene rings is 2. The minimum Gasteiger partial charge on any atom is -0.490 e. The summed E-state index contributed by atoms with van der Waals surface area (Å²) < 4.78 is 17.0. The predicted molar refractivity (Wildman–Crippen MR) is 102 cm³/mol. The number of aromatic carboxylic acids is 1. The van der Waals surface area contributed by atoms with Gasteiger partial charge in [-0.1, -0.05) is 11.6 Å². The lowest BCUT2D eigenvalue weighted by molar-refractivity contribution is 0.0672. The molecule has 1 unspecified atom stereocenters. The molecule has 1 heterocycles. The van der Waals surface area contributed by atoms with Gasteiger partial charge in [0.25, 0.3) is 0 Å². The van der Waals surface area contributed by atoms with Crippen LogP contribution in [0.3, 0.4) is 0 Å².